The van der Waals surface area contributed by atoms with Crippen molar-refractivity contribution in [2.75, 3.05) is 29.5 Å². The van der Waals surface area contributed by atoms with Gasteiger partial charge < -0.3 is 21.1 Å². The number of anilines is 3. The Bertz CT molecular complexity index is 540. The summed E-state index contributed by atoms with van der Waals surface area (Å²) < 4.78 is 5.32. The second-order valence-corrected chi connectivity index (χ2v) is 6.04. The highest BCUT2D eigenvalue weighted by Gasteiger charge is 2.45. The van der Waals surface area contributed by atoms with E-state index in [2.05, 4.69) is 24.5 Å². The SMILES string of the molecule is CC1(C)CC1CNc1cc2c(cc1N)OCC(=O)N2. The summed E-state index contributed by atoms with van der Waals surface area (Å²) in [6.45, 7) is 5.49. The highest BCUT2D eigenvalue weighted by molar-refractivity contribution is 5.97. The Morgan fingerprint density at radius 2 is 2.26 bits per heavy atom. The molecule has 1 aliphatic heterocycles. The van der Waals surface area contributed by atoms with Gasteiger partial charge in [0.2, 0.25) is 0 Å². The molecule has 2 aliphatic rings. The van der Waals surface area contributed by atoms with Crippen LogP contribution >= 0.6 is 0 Å². The van der Waals surface area contributed by atoms with Crippen molar-refractivity contribution in [1.29, 1.82) is 0 Å². The van der Waals surface area contributed by atoms with Crippen molar-refractivity contribution in [1.82, 2.24) is 0 Å². The molecule has 1 atom stereocenters. The standard InChI is InChI=1S/C14H19N3O2/c1-14(2)5-8(14)6-16-10-4-11-12(3-9(10)15)19-7-13(18)17-11/h3-4,8,16H,5-7,15H2,1-2H3,(H,17,18). The van der Waals surface area contributed by atoms with Crippen LogP contribution < -0.4 is 21.1 Å². The first-order valence-corrected chi connectivity index (χ1v) is 6.56. The maximum Gasteiger partial charge on any atom is 0.262 e. The van der Waals surface area contributed by atoms with Gasteiger partial charge >= 0.3 is 0 Å². The van der Waals surface area contributed by atoms with Gasteiger partial charge in [-0.3, -0.25) is 4.79 Å². The molecule has 0 saturated heterocycles. The van der Waals surface area contributed by atoms with Crippen LogP contribution in [0.4, 0.5) is 17.1 Å². The van der Waals surface area contributed by atoms with Crippen LogP contribution in [0.25, 0.3) is 0 Å². The van der Waals surface area contributed by atoms with Crippen molar-refractivity contribution >= 4 is 23.0 Å². The number of amides is 1. The number of nitrogens with two attached hydrogens (primary N) is 1. The average Bonchev–Trinajstić information content (AvgIpc) is 2.95. The quantitative estimate of drug-likeness (QED) is 0.728. The summed E-state index contributed by atoms with van der Waals surface area (Å²) in [5, 5.41) is 6.15. The molecule has 19 heavy (non-hydrogen) atoms. The lowest BCUT2D eigenvalue weighted by molar-refractivity contribution is -0.118. The molecule has 0 bridgehead atoms. The third kappa shape index (κ3) is 2.32. The van der Waals surface area contributed by atoms with Gasteiger partial charge in [0.25, 0.3) is 5.91 Å². The van der Waals surface area contributed by atoms with Crippen LogP contribution in [-0.2, 0) is 4.79 Å². The summed E-state index contributed by atoms with van der Waals surface area (Å²) in [5.74, 6) is 1.19. The molecule has 1 fully saturated rings. The summed E-state index contributed by atoms with van der Waals surface area (Å²) in [5.41, 5.74) is 8.62. The lowest BCUT2D eigenvalue weighted by atomic mass is 10.1. The average molecular weight is 261 g/mol. The Balaban J connectivity index is 1.74. The number of rotatable bonds is 3. The molecule has 5 nitrogen and oxygen atoms in total. The maximum atomic E-state index is 11.3. The van der Waals surface area contributed by atoms with Gasteiger partial charge in [-0.15, -0.1) is 0 Å². The molecule has 4 N–H and O–H groups in total. The van der Waals surface area contributed by atoms with E-state index in [1.165, 1.54) is 6.42 Å². The second-order valence-electron chi connectivity index (χ2n) is 6.04. The van der Waals surface area contributed by atoms with Gasteiger partial charge in [0, 0.05) is 12.6 Å². The summed E-state index contributed by atoms with van der Waals surface area (Å²) in [4.78, 5) is 11.3. The summed E-state index contributed by atoms with van der Waals surface area (Å²) in [7, 11) is 0. The molecule has 0 aromatic heterocycles. The third-order valence-electron chi connectivity index (χ3n) is 4.04. The number of carbonyl (C=O) groups excluding carboxylic acids is 1. The van der Waals surface area contributed by atoms with Gasteiger partial charge in [0.15, 0.2) is 6.61 Å². The van der Waals surface area contributed by atoms with E-state index in [0.29, 0.717) is 28.5 Å². The molecule has 1 aromatic carbocycles. The van der Waals surface area contributed by atoms with Crippen LogP contribution in [0.1, 0.15) is 20.3 Å². The first-order chi connectivity index (χ1) is 8.95. The fourth-order valence-corrected chi connectivity index (χ4v) is 2.45. The van der Waals surface area contributed by atoms with Crippen molar-refractivity contribution < 1.29 is 9.53 Å². The van der Waals surface area contributed by atoms with E-state index in [1.807, 2.05) is 6.07 Å². The highest BCUT2D eigenvalue weighted by atomic mass is 16.5. The normalized spacial score (nSPS) is 23.1. The number of hydrogen-bond donors (Lipinski definition) is 3. The Morgan fingerprint density at radius 3 is 2.95 bits per heavy atom. The van der Waals surface area contributed by atoms with Gasteiger partial charge in [0.1, 0.15) is 5.75 Å². The number of nitrogen functional groups attached to an aromatic ring is 1. The largest absolute Gasteiger partial charge is 0.482 e. The predicted molar refractivity (Wildman–Crippen MR) is 75.4 cm³/mol. The molecule has 0 spiro atoms. The van der Waals surface area contributed by atoms with E-state index in [4.69, 9.17) is 10.5 Å². The van der Waals surface area contributed by atoms with Gasteiger partial charge in [-0.25, -0.2) is 0 Å². The van der Waals surface area contributed by atoms with Gasteiger partial charge in [0.05, 0.1) is 17.1 Å². The Morgan fingerprint density at radius 1 is 1.53 bits per heavy atom. The Kier molecular flexibility index (Phi) is 2.59. The van der Waals surface area contributed by atoms with Crippen LogP contribution in [0.5, 0.6) is 5.75 Å². The predicted octanol–water partition coefficient (Wildman–Crippen LogP) is 2.06. The van der Waals surface area contributed by atoms with Gasteiger partial charge in [-0.2, -0.15) is 0 Å². The fraction of sp³-hybridized carbons (Fsp3) is 0.500. The van der Waals surface area contributed by atoms with Crippen molar-refractivity contribution in [2.24, 2.45) is 11.3 Å². The minimum absolute atomic E-state index is 0.0511. The van der Waals surface area contributed by atoms with E-state index in [1.54, 1.807) is 6.07 Å². The van der Waals surface area contributed by atoms with Crippen LogP contribution in [0.2, 0.25) is 0 Å². The number of nitrogens with one attached hydrogen (secondary N) is 2. The van der Waals surface area contributed by atoms with Gasteiger partial charge in [-0.1, -0.05) is 13.8 Å². The lowest BCUT2D eigenvalue weighted by Gasteiger charge is -2.20. The Hall–Kier alpha value is -1.91. The zero-order chi connectivity index (χ0) is 13.6. The van der Waals surface area contributed by atoms with E-state index >= 15 is 0 Å². The molecule has 1 unspecified atom stereocenters. The first kappa shape index (κ1) is 12.1. The molecule has 5 heteroatoms. The highest BCUT2D eigenvalue weighted by Crippen LogP contribution is 2.51. The molecule has 0 radical (unpaired) electrons. The van der Waals surface area contributed by atoms with E-state index in [0.717, 1.165) is 12.2 Å². The zero-order valence-electron chi connectivity index (χ0n) is 11.2. The van der Waals surface area contributed by atoms with Crippen molar-refractivity contribution in [3.05, 3.63) is 12.1 Å². The summed E-state index contributed by atoms with van der Waals surface area (Å²) in [6.07, 6.45) is 1.24. The number of carbonyl (C=O) groups is 1. The van der Waals surface area contributed by atoms with Crippen LogP contribution in [0.15, 0.2) is 12.1 Å². The van der Waals surface area contributed by atoms with Crippen LogP contribution in [0, 0.1) is 11.3 Å². The molecule has 102 valence electrons. The molecular weight excluding hydrogens is 242 g/mol. The smallest absolute Gasteiger partial charge is 0.262 e. The third-order valence-corrected chi connectivity index (χ3v) is 4.04. The lowest BCUT2D eigenvalue weighted by Crippen LogP contribution is -2.25. The molecule has 1 aromatic rings. The number of fused-ring (bicyclic) bond motifs is 1. The number of ether oxygens (including phenoxy) is 1. The Labute approximate surface area is 112 Å². The van der Waals surface area contributed by atoms with Crippen LogP contribution in [0.3, 0.4) is 0 Å². The minimum Gasteiger partial charge on any atom is -0.482 e. The van der Waals surface area contributed by atoms with Crippen molar-refractivity contribution in [2.45, 2.75) is 20.3 Å². The summed E-state index contributed by atoms with van der Waals surface area (Å²) in [6, 6.07) is 3.60. The van der Waals surface area contributed by atoms with E-state index < -0.39 is 0 Å². The molecule has 3 rings (SSSR count). The molecule has 1 saturated carbocycles. The summed E-state index contributed by atoms with van der Waals surface area (Å²) >= 11 is 0. The van der Waals surface area contributed by atoms with E-state index in [9.17, 15) is 4.79 Å². The first-order valence-electron chi connectivity index (χ1n) is 6.56. The van der Waals surface area contributed by atoms with Crippen LogP contribution in [-0.4, -0.2) is 19.1 Å². The second kappa shape index (κ2) is 4.05. The maximum absolute atomic E-state index is 11.3. The number of hydrogen-bond acceptors (Lipinski definition) is 4. The fourth-order valence-electron chi connectivity index (χ4n) is 2.45. The van der Waals surface area contributed by atoms with Crippen molar-refractivity contribution in [3.8, 4) is 5.75 Å². The number of benzene rings is 1. The van der Waals surface area contributed by atoms with E-state index in [-0.39, 0.29) is 12.5 Å². The topological polar surface area (TPSA) is 76.4 Å². The van der Waals surface area contributed by atoms with Crippen molar-refractivity contribution in [3.63, 3.8) is 0 Å². The van der Waals surface area contributed by atoms with Gasteiger partial charge in [-0.05, 0) is 23.8 Å². The molecule has 1 amide bonds. The molecule has 1 heterocycles. The molecule has 1 aliphatic carbocycles. The minimum atomic E-state index is -0.133. The monoisotopic (exact) mass is 261 g/mol. The molecular formula is C14H19N3O2. The zero-order valence-corrected chi connectivity index (χ0v) is 11.2.